The van der Waals surface area contributed by atoms with E-state index in [2.05, 4.69) is 143 Å². The Labute approximate surface area is 302 Å². The molecule has 244 valence electrons. The van der Waals surface area contributed by atoms with Gasteiger partial charge in [-0.3, -0.25) is 15.0 Å². The fourth-order valence-corrected chi connectivity index (χ4v) is 8.81. The molecule has 4 nitrogen and oxygen atoms in total. The average Bonchev–Trinajstić information content (AvgIpc) is 3.73. The zero-order chi connectivity index (χ0) is 34.1. The first kappa shape index (κ1) is 31.0. The van der Waals surface area contributed by atoms with E-state index in [4.69, 9.17) is 4.98 Å². The second-order valence-electron chi connectivity index (χ2n) is 12.8. The first-order chi connectivity index (χ1) is 25.2. The van der Waals surface area contributed by atoms with Gasteiger partial charge in [-0.2, -0.15) is 0 Å². The van der Waals surface area contributed by atoms with Crippen LogP contribution in [0.3, 0.4) is 0 Å². The molecule has 51 heavy (non-hydrogen) atoms. The van der Waals surface area contributed by atoms with Crippen LogP contribution in [0.2, 0.25) is 0 Å². The SMILES string of the molecule is C=N/C=C\C=C/Cc1cc(-n2c3ccc(-c4ccccc4)cc3c3c4c(ccc32)C2=CC(c3ccccc3)=CCC2S4)cc(-c2ccccn2)n1. The van der Waals surface area contributed by atoms with Crippen molar-refractivity contribution in [2.45, 2.75) is 23.0 Å². The zero-order valence-corrected chi connectivity index (χ0v) is 28.8. The second-order valence-corrected chi connectivity index (χ2v) is 14.0. The smallest absolute Gasteiger partial charge is 0.0910 e. The Kier molecular flexibility index (Phi) is 8.11. The van der Waals surface area contributed by atoms with Crippen molar-refractivity contribution in [3.8, 4) is 28.2 Å². The first-order valence-corrected chi connectivity index (χ1v) is 18.1. The molecule has 0 saturated carbocycles. The minimum Gasteiger partial charge on any atom is -0.309 e. The third-order valence-electron chi connectivity index (χ3n) is 9.69. The Hall–Kier alpha value is -6.04. The molecule has 5 heteroatoms. The van der Waals surface area contributed by atoms with E-state index < -0.39 is 0 Å². The van der Waals surface area contributed by atoms with Gasteiger partial charge in [0.2, 0.25) is 0 Å². The third-order valence-corrected chi connectivity index (χ3v) is 11.1. The van der Waals surface area contributed by atoms with Gasteiger partial charge in [-0.1, -0.05) is 97.1 Å². The van der Waals surface area contributed by atoms with Crippen molar-refractivity contribution in [2.75, 3.05) is 0 Å². The molecule has 1 unspecified atom stereocenters. The summed E-state index contributed by atoms with van der Waals surface area (Å²) in [4.78, 5) is 14.9. The Morgan fingerprint density at radius 2 is 1.59 bits per heavy atom. The van der Waals surface area contributed by atoms with Gasteiger partial charge >= 0.3 is 0 Å². The summed E-state index contributed by atoms with van der Waals surface area (Å²) in [5, 5.41) is 2.96. The van der Waals surface area contributed by atoms with Gasteiger partial charge in [0, 0.05) is 45.4 Å². The van der Waals surface area contributed by atoms with Crippen LogP contribution in [-0.2, 0) is 6.42 Å². The third kappa shape index (κ3) is 5.76. The van der Waals surface area contributed by atoms with Crippen LogP contribution in [0, 0.1) is 0 Å². The lowest BCUT2D eigenvalue weighted by Crippen LogP contribution is -2.03. The molecule has 0 spiro atoms. The zero-order valence-electron chi connectivity index (χ0n) is 28.0. The van der Waals surface area contributed by atoms with Crippen molar-refractivity contribution in [3.63, 3.8) is 0 Å². The molecule has 0 fully saturated rings. The Bertz CT molecular complexity index is 2560. The van der Waals surface area contributed by atoms with Crippen molar-refractivity contribution in [1.29, 1.82) is 0 Å². The predicted octanol–water partition coefficient (Wildman–Crippen LogP) is 11.6. The predicted molar refractivity (Wildman–Crippen MR) is 215 cm³/mol. The Balaban J connectivity index is 1.27. The maximum Gasteiger partial charge on any atom is 0.0910 e. The summed E-state index contributed by atoms with van der Waals surface area (Å²) in [6, 6.07) is 43.4. The van der Waals surface area contributed by atoms with Crippen molar-refractivity contribution in [1.82, 2.24) is 14.5 Å². The number of fused-ring (bicyclic) bond motifs is 7. The maximum atomic E-state index is 5.08. The van der Waals surface area contributed by atoms with Gasteiger partial charge < -0.3 is 4.57 Å². The number of rotatable bonds is 8. The van der Waals surface area contributed by atoms with Crippen LogP contribution < -0.4 is 0 Å². The van der Waals surface area contributed by atoms with Crippen molar-refractivity contribution in [2.24, 2.45) is 4.99 Å². The van der Waals surface area contributed by atoms with Gasteiger partial charge in [0.1, 0.15) is 0 Å². The molecule has 9 rings (SSSR count). The van der Waals surface area contributed by atoms with E-state index in [1.54, 1.807) is 6.20 Å². The number of nitrogens with zero attached hydrogens (tertiary/aromatic N) is 4. The van der Waals surface area contributed by atoms with E-state index >= 15 is 0 Å². The highest BCUT2D eigenvalue weighted by molar-refractivity contribution is 8.01. The summed E-state index contributed by atoms with van der Waals surface area (Å²) in [6.45, 7) is 3.53. The van der Waals surface area contributed by atoms with Gasteiger partial charge in [-0.15, -0.1) is 11.8 Å². The summed E-state index contributed by atoms with van der Waals surface area (Å²) in [6.07, 6.45) is 16.0. The van der Waals surface area contributed by atoms with Crippen LogP contribution in [0.25, 0.3) is 61.2 Å². The number of allylic oxidation sites excluding steroid dienone is 6. The van der Waals surface area contributed by atoms with Gasteiger partial charge in [-0.25, -0.2) is 0 Å². The molecule has 4 heterocycles. The molecule has 0 bridgehead atoms. The monoisotopic (exact) mass is 674 g/mol. The fraction of sp³-hybridized carbons (Fsp3) is 0.0652. The number of hydrogen-bond acceptors (Lipinski definition) is 4. The van der Waals surface area contributed by atoms with Gasteiger partial charge in [0.05, 0.1) is 28.1 Å². The molecular weight excluding hydrogens is 641 g/mol. The van der Waals surface area contributed by atoms with Crippen LogP contribution in [0.4, 0.5) is 0 Å². The van der Waals surface area contributed by atoms with E-state index in [-0.39, 0.29) is 0 Å². The van der Waals surface area contributed by atoms with E-state index in [0.29, 0.717) is 11.7 Å². The average molecular weight is 675 g/mol. The highest BCUT2D eigenvalue weighted by atomic mass is 32.2. The number of hydrogen-bond donors (Lipinski definition) is 0. The summed E-state index contributed by atoms with van der Waals surface area (Å²) in [7, 11) is 0. The van der Waals surface area contributed by atoms with Crippen LogP contribution in [0.1, 0.15) is 23.2 Å². The van der Waals surface area contributed by atoms with E-state index in [0.717, 1.165) is 29.2 Å². The molecule has 1 atom stereocenters. The Morgan fingerprint density at radius 1 is 0.784 bits per heavy atom. The summed E-state index contributed by atoms with van der Waals surface area (Å²) in [5.41, 5.74) is 13.9. The fourth-order valence-electron chi connectivity index (χ4n) is 7.36. The first-order valence-electron chi connectivity index (χ1n) is 17.3. The lowest BCUT2D eigenvalue weighted by Gasteiger charge is -2.17. The minimum atomic E-state index is 0.397. The molecule has 2 aliphatic rings. The van der Waals surface area contributed by atoms with Gasteiger partial charge in [0.25, 0.3) is 0 Å². The summed E-state index contributed by atoms with van der Waals surface area (Å²) >= 11 is 2.02. The topological polar surface area (TPSA) is 43.1 Å². The highest BCUT2D eigenvalue weighted by Crippen LogP contribution is 2.54. The quantitative estimate of drug-likeness (QED) is 0.119. The molecule has 7 aromatic rings. The van der Waals surface area contributed by atoms with Crippen LogP contribution in [0.15, 0.2) is 174 Å². The second kappa shape index (κ2) is 13.3. The molecule has 4 aromatic carbocycles. The van der Waals surface area contributed by atoms with Crippen LogP contribution in [-0.4, -0.2) is 26.5 Å². The molecular formula is C46H34N4S. The van der Waals surface area contributed by atoms with E-state index in [1.165, 1.54) is 60.1 Å². The highest BCUT2D eigenvalue weighted by Gasteiger charge is 2.32. The molecule has 0 N–H and O–H groups in total. The Morgan fingerprint density at radius 3 is 2.39 bits per heavy atom. The standard InChI is InChI=1S/C46H34N4S/c1-47-25-11-4-9-17-35-29-36(30-41(49-35)40-18-10-12-26-48-40)50-42-22-19-33(31-13-5-2-6-14-31)28-39(42)45-43(50)23-21-37-38-27-34(32-15-7-3-8-16-32)20-24-44(38)51-46(37)45/h2-16,18-23,25-30,44H,1,17,24H2/b9-4-,25-11-. The molecule has 1 aliphatic carbocycles. The minimum absolute atomic E-state index is 0.397. The number of aromatic nitrogens is 3. The lowest BCUT2D eigenvalue weighted by atomic mass is 9.90. The number of pyridine rings is 2. The van der Waals surface area contributed by atoms with Crippen molar-refractivity contribution >= 4 is 51.4 Å². The molecule has 0 amide bonds. The van der Waals surface area contributed by atoms with Crippen molar-refractivity contribution in [3.05, 3.63) is 181 Å². The number of thioether (sulfide) groups is 1. The van der Waals surface area contributed by atoms with E-state index in [1.807, 2.05) is 48.3 Å². The summed E-state index contributed by atoms with van der Waals surface area (Å²) in [5.74, 6) is 0. The van der Waals surface area contributed by atoms with Crippen molar-refractivity contribution < 1.29 is 0 Å². The normalized spacial score (nSPS) is 15.3. The van der Waals surface area contributed by atoms with Gasteiger partial charge in [0.15, 0.2) is 0 Å². The number of aliphatic imine (C=N–C) groups is 1. The number of benzene rings is 4. The van der Waals surface area contributed by atoms with Gasteiger partial charge in [-0.05, 0) is 101 Å². The van der Waals surface area contributed by atoms with Crippen LogP contribution in [0.5, 0.6) is 0 Å². The molecule has 0 saturated heterocycles. The molecule has 1 aliphatic heterocycles. The maximum absolute atomic E-state index is 5.08. The summed E-state index contributed by atoms with van der Waals surface area (Å²) < 4.78 is 2.42. The lowest BCUT2D eigenvalue weighted by molar-refractivity contribution is 1.07. The molecule has 0 radical (unpaired) electrons. The molecule has 3 aromatic heterocycles. The van der Waals surface area contributed by atoms with E-state index in [9.17, 15) is 0 Å². The largest absolute Gasteiger partial charge is 0.309 e. The van der Waals surface area contributed by atoms with Crippen LogP contribution >= 0.6 is 11.8 Å².